The first-order valence-corrected chi connectivity index (χ1v) is 25.8. The van der Waals surface area contributed by atoms with E-state index in [0.29, 0.717) is 17.5 Å². The Hall–Kier alpha value is -10.4. The molecule has 0 N–H and O–H groups in total. The molecule has 0 aliphatic heterocycles. The summed E-state index contributed by atoms with van der Waals surface area (Å²) in [6.45, 7) is 0. The largest absolute Gasteiger partial charge is 0.309 e. The normalized spacial score (nSPS) is 11.9. The molecule has 354 valence electrons. The number of nitrogens with zero attached hydrogens (tertiary/aromatic N) is 7. The predicted octanol–water partition coefficient (Wildman–Crippen LogP) is 17.3. The third-order valence-electron chi connectivity index (χ3n) is 15.4. The van der Waals surface area contributed by atoms with Crippen molar-refractivity contribution in [3.8, 4) is 56.9 Å². The Kier molecular flexibility index (Phi) is 9.20. The Bertz CT molecular complexity index is 4900. The van der Waals surface area contributed by atoms with E-state index in [4.69, 9.17) is 15.0 Å². The number of hydrogen-bond donors (Lipinski definition) is 0. The van der Waals surface area contributed by atoms with Gasteiger partial charge in [-0.05, 0) is 84.9 Å². The number of para-hydroxylation sites is 6. The monoisotopic (exact) mass is 969 g/mol. The molecule has 0 atom stereocenters. The number of rotatable bonds is 7. The maximum absolute atomic E-state index is 5.37. The second-order valence-electron chi connectivity index (χ2n) is 19.5. The van der Waals surface area contributed by atoms with E-state index in [-0.39, 0.29) is 0 Å². The number of fused-ring (bicyclic) bond motifs is 14. The van der Waals surface area contributed by atoms with E-state index in [0.717, 1.165) is 88.7 Å². The average molecular weight is 970 g/mol. The van der Waals surface area contributed by atoms with Crippen LogP contribution in [0.25, 0.3) is 144 Å². The van der Waals surface area contributed by atoms with Crippen molar-refractivity contribution in [2.45, 2.75) is 0 Å². The molecule has 7 heteroatoms. The Balaban J connectivity index is 1.06. The SMILES string of the molecule is c1ccc(-c2nc(-c3ccccc3)nc(-c3cccc4c5ccc6c(c7ccccc7n6-c6ccccc6)c5n(-c5ccc6c(c5)c5ccc7c(c8ccccc8n7-c7ccccc7)c5n6-c5ccccc5)c34)n2)cc1. The molecule has 5 aromatic heterocycles. The van der Waals surface area contributed by atoms with Crippen LogP contribution in [0, 0.1) is 0 Å². The lowest BCUT2D eigenvalue weighted by Crippen LogP contribution is -2.02. The van der Waals surface area contributed by atoms with Crippen molar-refractivity contribution in [2.75, 3.05) is 0 Å². The molecule has 0 saturated carbocycles. The molecule has 0 bridgehead atoms. The first kappa shape index (κ1) is 42.2. The smallest absolute Gasteiger partial charge is 0.166 e. The molecule has 0 fully saturated rings. The van der Waals surface area contributed by atoms with Crippen molar-refractivity contribution in [2.24, 2.45) is 0 Å². The highest BCUT2D eigenvalue weighted by molar-refractivity contribution is 6.29. The maximum atomic E-state index is 5.37. The quantitative estimate of drug-likeness (QED) is 0.160. The minimum Gasteiger partial charge on any atom is -0.309 e. The van der Waals surface area contributed by atoms with Crippen LogP contribution in [0.4, 0.5) is 0 Å². The lowest BCUT2D eigenvalue weighted by atomic mass is 10.1. The fraction of sp³-hybridized carbons (Fsp3) is 0. The summed E-state index contributed by atoms with van der Waals surface area (Å²) >= 11 is 0. The van der Waals surface area contributed by atoms with Gasteiger partial charge in [0.1, 0.15) is 0 Å². The summed E-state index contributed by atoms with van der Waals surface area (Å²) in [6, 6.07) is 93.3. The van der Waals surface area contributed by atoms with Crippen molar-refractivity contribution in [1.29, 1.82) is 0 Å². The van der Waals surface area contributed by atoms with Gasteiger partial charge >= 0.3 is 0 Å². The number of benzene rings is 11. The third kappa shape index (κ3) is 6.20. The van der Waals surface area contributed by atoms with Gasteiger partial charge < -0.3 is 18.3 Å². The van der Waals surface area contributed by atoms with Crippen LogP contribution in [0.2, 0.25) is 0 Å². The molecular formula is C69H43N7. The highest BCUT2D eigenvalue weighted by Crippen LogP contribution is 2.47. The van der Waals surface area contributed by atoms with Crippen LogP contribution in [0.15, 0.2) is 261 Å². The number of hydrogen-bond acceptors (Lipinski definition) is 3. The molecule has 16 aromatic rings. The Morgan fingerprint density at radius 1 is 0.224 bits per heavy atom. The van der Waals surface area contributed by atoms with Crippen LogP contribution in [0.3, 0.4) is 0 Å². The highest BCUT2D eigenvalue weighted by atomic mass is 15.1. The van der Waals surface area contributed by atoms with Crippen LogP contribution in [0.1, 0.15) is 0 Å². The summed E-state index contributed by atoms with van der Waals surface area (Å²) in [5.41, 5.74) is 16.2. The second-order valence-corrected chi connectivity index (χ2v) is 19.5. The molecule has 0 saturated heterocycles. The topological polar surface area (TPSA) is 58.4 Å². The first-order chi connectivity index (χ1) is 37.7. The van der Waals surface area contributed by atoms with Crippen molar-refractivity contribution < 1.29 is 0 Å². The Morgan fingerprint density at radius 2 is 0.618 bits per heavy atom. The van der Waals surface area contributed by atoms with Gasteiger partial charge in [0.25, 0.3) is 0 Å². The summed E-state index contributed by atoms with van der Waals surface area (Å²) in [4.78, 5) is 15.9. The minimum atomic E-state index is 0.601. The van der Waals surface area contributed by atoms with Gasteiger partial charge in [0.05, 0.1) is 44.1 Å². The van der Waals surface area contributed by atoms with Gasteiger partial charge in [-0.3, -0.25) is 0 Å². The molecule has 76 heavy (non-hydrogen) atoms. The molecule has 7 nitrogen and oxygen atoms in total. The van der Waals surface area contributed by atoms with Crippen LogP contribution in [-0.2, 0) is 0 Å². The zero-order chi connectivity index (χ0) is 49.8. The fourth-order valence-electron chi connectivity index (χ4n) is 12.2. The van der Waals surface area contributed by atoms with E-state index in [9.17, 15) is 0 Å². The van der Waals surface area contributed by atoms with Crippen molar-refractivity contribution in [3.05, 3.63) is 261 Å². The molecule has 0 unspecified atom stereocenters. The van der Waals surface area contributed by atoms with Gasteiger partial charge in [-0.2, -0.15) is 0 Å². The molecule has 0 aliphatic carbocycles. The van der Waals surface area contributed by atoms with Gasteiger partial charge in [0.2, 0.25) is 0 Å². The van der Waals surface area contributed by atoms with E-state index in [1.807, 2.05) is 36.4 Å². The van der Waals surface area contributed by atoms with Gasteiger partial charge in [0.15, 0.2) is 17.5 Å². The van der Waals surface area contributed by atoms with E-state index in [2.05, 4.69) is 243 Å². The summed E-state index contributed by atoms with van der Waals surface area (Å²) in [7, 11) is 0. The van der Waals surface area contributed by atoms with Crippen LogP contribution in [-0.4, -0.2) is 33.2 Å². The molecule has 0 amide bonds. The molecule has 11 aromatic carbocycles. The third-order valence-corrected chi connectivity index (χ3v) is 15.4. The summed E-state index contributed by atoms with van der Waals surface area (Å²) in [5, 5.41) is 9.35. The molecule has 0 radical (unpaired) electrons. The van der Waals surface area contributed by atoms with Crippen LogP contribution >= 0.6 is 0 Å². The minimum absolute atomic E-state index is 0.601. The van der Waals surface area contributed by atoms with E-state index >= 15 is 0 Å². The van der Waals surface area contributed by atoms with Gasteiger partial charge in [-0.25, -0.2) is 15.0 Å². The summed E-state index contributed by atoms with van der Waals surface area (Å²) < 4.78 is 9.80. The lowest BCUT2D eigenvalue weighted by Gasteiger charge is -2.14. The molecular weight excluding hydrogens is 927 g/mol. The maximum Gasteiger partial charge on any atom is 0.166 e. The van der Waals surface area contributed by atoms with E-state index in [1.54, 1.807) is 0 Å². The van der Waals surface area contributed by atoms with Gasteiger partial charge in [0, 0.05) is 82.5 Å². The van der Waals surface area contributed by atoms with Gasteiger partial charge in [-0.15, -0.1) is 0 Å². The zero-order valence-corrected chi connectivity index (χ0v) is 41.0. The highest BCUT2D eigenvalue weighted by Gasteiger charge is 2.26. The lowest BCUT2D eigenvalue weighted by molar-refractivity contribution is 1.07. The number of aromatic nitrogens is 7. The van der Waals surface area contributed by atoms with Crippen LogP contribution < -0.4 is 0 Å². The van der Waals surface area contributed by atoms with Crippen molar-refractivity contribution >= 4 is 87.2 Å². The van der Waals surface area contributed by atoms with E-state index in [1.165, 1.54) is 38.0 Å². The van der Waals surface area contributed by atoms with Crippen molar-refractivity contribution in [1.82, 2.24) is 33.2 Å². The fourth-order valence-corrected chi connectivity index (χ4v) is 12.2. The molecule has 16 rings (SSSR count). The van der Waals surface area contributed by atoms with Crippen molar-refractivity contribution in [3.63, 3.8) is 0 Å². The Morgan fingerprint density at radius 3 is 1.16 bits per heavy atom. The first-order valence-electron chi connectivity index (χ1n) is 25.8. The molecule has 0 spiro atoms. The van der Waals surface area contributed by atoms with E-state index < -0.39 is 0 Å². The standard InChI is InChI=1S/C69H43N7/c1-6-21-44(22-7-1)67-70-68(45-23-8-2-9-24-45)72-69(71-67)55-34-20-33-50-51-38-41-61-63(54-32-17-19-36-58(54)74(61)47-27-12-4-13-28-47)66(51)76(64(50)55)49-37-40-59-56(43-49)52-39-42-60-62(65(52)75(59)48-29-14-5-15-30-48)53-31-16-18-35-57(53)73(60)46-25-10-3-11-26-46/h1-43H. The molecule has 5 heterocycles. The van der Waals surface area contributed by atoms with Crippen LogP contribution in [0.5, 0.6) is 0 Å². The predicted molar refractivity (Wildman–Crippen MR) is 313 cm³/mol. The summed E-state index contributed by atoms with van der Waals surface area (Å²) in [6.07, 6.45) is 0. The Labute approximate surface area is 436 Å². The summed E-state index contributed by atoms with van der Waals surface area (Å²) in [5.74, 6) is 1.84. The average Bonchev–Trinajstić information content (AvgIpc) is 4.42. The zero-order valence-electron chi connectivity index (χ0n) is 41.0. The van der Waals surface area contributed by atoms with Gasteiger partial charge in [-0.1, -0.05) is 176 Å². The molecule has 0 aliphatic rings. The second kappa shape index (κ2) is 16.6.